The van der Waals surface area contributed by atoms with E-state index in [-0.39, 0.29) is 12.4 Å². The Labute approximate surface area is 66.2 Å². The third-order valence-corrected chi connectivity index (χ3v) is 1.85. The molecule has 0 atom stereocenters. The normalized spacial score (nSPS) is 11.8. The van der Waals surface area contributed by atoms with E-state index in [1.54, 1.807) is 0 Å². The minimum atomic E-state index is -3.81. The minimum absolute atomic E-state index is 0.0336. The lowest BCUT2D eigenvalue weighted by Crippen LogP contribution is -2.21. The van der Waals surface area contributed by atoms with Gasteiger partial charge in [-0.05, 0) is 13.0 Å². The molecule has 68 valence electrons. The summed E-state index contributed by atoms with van der Waals surface area (Å²) in [5, 5.41) is 11.1. The van der Waals surface area contributed by atoms with Gasteiger partial charge in [0.1, 0.15) is 0 Å². The number of aliphatic hydroxyl groups is 1. The highest BCUT2D eigenvalue weighted by Crippen LogP contribution is 1.85. The van der Waals surface area contributed by atoms with Crippen molar-refractivity contribution in [3.63, 3.8) is 0 Å². The molecule has 0 aliphatic rings. The van der Waals surface area contributed by atoms with E-state index in [1.807, 2.05) is 0 Å². The van der Waals surface area contributed by atoms with Crippen molar-refractivity contribution in [3.05, 3.63) is 0 Å². The van der Waals surface area contributed by atoms with Gasteiger partial charge in [0.2, 0.25) is 0 Å². The Morgan fingerprint density at radius 2 is 1.91 bits per heavy atom. The number of hydrogen-bond donors (Lipinski definition) is 3. The van der Waals surface area contributed by atoms with Crippen LogP contribution in [0.5, 0.6) is 0 Å². The van der Waals surface area contributed by atoms with Gasteiger partial charge in [0.15, 0.2) is 0 Å². The monoisotopic (exact) mass is 183 g/mol. The number of rotatable bonds is 6. The molecule has 5 nitrogen and oxygen atoms in total. The zero-order chi connectivity index (χ0) is 8.74. The van der Waals surface area contributed by atoms with Gasteiger partial charge >= 0.3 is 0 Å². The van der Waals surface area contributed by atoms with Crippen LogP contribution in [0.1, 0.15) is 6.42 Å². The Hall–Kier alpha value is -0.170. The van der Waals surface area contributed by atoms with Crippen molar-refractivity contribution >= 4 is 10.1 Å². The molecule has 0 aliphatic heterocycles. The molecule has 0 aromatic heterocycles. The summed E-state index contributed by atoms with van der Waals surface area (Å²) in [4.78, 5) is 0. The van der Waals surface area contributed by atoms with Crippen molar-refractivity contribution in [1.82, 2.24) is 5.32 Å². The fourth-order valence-electron chi connectivity index (χ4n) is 0.584. The van der Waals surface area contributed by atoms with E-state index in [1.165, 1.54) is 0 Å². The van der Waals surface area contributed by atoms with Gasteiger partial charge in [0, 0.05) is 6.54 Å². The van der Waals surface area contributed by atoms with Crippen molar-refractivity contribution in [2.24, 2.45) is 0 Å². The zero-order valence-electron chi connectivity index (χ0n) is 6.15. The van der Waals surface area contributed by atoms with E-state index >= 15 is 0 Å². The summed E-state index contributed by atoms with van der Waals surface area (Å²) in [6, 6.07) is 0. The van der Waals surface area contributed by atoms with E-state index in [2.05, 4.69) is 5.32 Å². The topological polar surface area (TPSA) is 86.6 Å². The number of hydrogen-bond acceptors (Lipinski definition) is 4. The van der Waals surface area contributed by atoms with Crippen LogP contribution in [-0.2, 0) is 10.1 Å². The van der Waals surface area contributed by atoms with E-state index < -0.39 is 10.1 Å². The summed E-state index contributed by atoms with van der Waals surface area (Å²) in [6.45, 7) is 0.970. The molecule has 0 aliphatic carbocycles. The van der Waals surface area contributed by atoms with Crippen molar-refractivity contribution < 1.29 is 18.1 Å². The first-order valence-corrected chi connectivity index (χ1v) is 4.94. The molecule has 11 heavy (non-hydrogen) atoms. The lowest BCUT2D eigenvalue weighted by Gasteiger charge is -1.99. The molecule has 0 saturated heterocycles. The molecule has 0 aromatic carbocycles. The summed E-state index contributed by atoms with van der Waals surface area (Å²) in [5.41, 5.74) is 0. The second kappa shape index (κ2) is 5.48. The van der Waals surface area contributed by atoms with Gasteiger partial charge in [0.25, 0.3) is 10.1 Å². The zero-order valence-corrected chi connectivity index (χ0v) is 6.97. The quantitative estimate of drug-likeness (QED) is 0.357. The van der Waals surface area contributed by atoms with E-state index in [4.69, 9.17) is 9.66 Å². The predicted octanol–water partition coefficient (Wildman–Crippen LogP) is -1.15. The molecule has 0 spiro atoms. The molecule has 6 heteroatoms. The Morgan fingerprint density at radius 1 is 1.27 bits per heavy atom. The lowest BCUT2D eigenvalue weighted by molar-refractivity contribution is 0.292. The first-order valence-electron chi connectivity index (χ1n) is 3.33. The van der Waals surface area contributed by atoms with Gasteiger partial charge in [-0.2, -0.15) is 8.42 Å². The molecular formula is C5H13NO4S. The molecule has 0 fully saturated rings. The van der Waals surface area contributed by atoms with E-state index in [0.717, 1.165) is 0 Å². The third kappa shape index (κ3) is 9.83. The first kappa shape index (κ1) is 10.8. The van der Waals surface area contributed by atoms with Gasteiger partial charge in [-0.25, -0.2) is 0 Å². The van der Waals surface area contributed by atoms with Gasteiger partial charge in [0.05, 0.1) is 12.4 Å². The summed E-state index contributed by atoms with van der Waals surface area (Å²) < 4.78 is 28.6. The molecule has 0 bridgehead atoms. The van der Waals surface area contributed by atoms with Crippen molar-refractivity contribution in [1.29, 1.82) is 0 Å². The average molecular weight is 183 g/mol. The number of aliphatic hydroxyl groups excluding tert-OH is 1. The lowest BCUT2D eigenvalue weighted by atomic mass is 10.5. The summed E-state index contributed by atoms with van der Waals surface area (Å²) in [6.07, 6.45) is 0.360. The van der Waals surface area contributed by atoms with Crippen LogP contribution in [0.2, 0.25) is 0 Å². The van der Waals surface area contributed by atoms with Gasteiger partial charge in [-0.1, -0.05) is 0 Å². The van der Waals surface area contributed by atoms with Crippen molar-refractivity contribution in [2.45, 2.75) is 6.42 Å². The predicted molar refractivity (Wildman–Crippen MR) is 41.0 cm³/mol. The highest BCUT2D eigenvalue weighted by Gasteiger charge is 2.01. The van der Waals surface area contributed by atoms with Crippen LogP contribution in [0.4, 0.5) is 0 Å². The van der Waals surface area contributed by atoms with Crippen molar-refractivity contribution in [2.75, 3.05) is 25.4 Å². The maximum atomic E-state index is 10.1. The smallest absolute Gasteiger partial charge is 0.264 e. The van der Waals surface area contributed by atoms with Gasteiger partial charge < -0.3 is 10.4 Å². The SMILES string of the molecule is O=S(=O)(O)CCCNCCO. The standard InChI is InChI=1S/C5H13NO4S/c7-4-3-6-2-1-5-11(8,9)10/h6-7H,1-5H2,(H,8,9,10). The van der Waals surface area contributed by atoms with Crippen LogP contribution in [-0.4, -0.2) is 43.5 Å². The molecule has 0 radical (unpaired) electrons. The Kier molecular flexibility index (Phi) is 5.39. The fraction of sp³-hybridized carbons (Fsp3) is 1.00. The van der Waals surface area contributed by atoms with Crippen LogP contribution in [0, 0.1) is 0 Å². The summed E-state index contributed by atoms with van der Waals surface area (Å²) in [7, 11) is -3.81. The van der Waals surface area contributed by atoms with E-state index in [0.29, 0.717) is 19.5 Å². The minimum Gasteiger partial charge on any atom is -0.395 e. The van der Waals surface area contributed by atoms with Gasteiger partial charge in [-0.3, -0.25) is 4.55 Å². The van der Waals surface area contributed by atoms with Crippen LogP contribution in [0.25, 0.3) is 0 Å². The Morgan fingerprint density at radius 3 is 2.36 bits per heavy atom. The van der Waals surface area contributed by atoms with Crippen LogP contribution < -0.4 is 5.32 Å². The summed E-state index contributed by atoms with van der Waals surface area (Å²) in [5.74, 6) is -0.231. The number of nitrogens with one attached hydrogen (secondary N) is 1. The molecule has 0 heterocycles. The average Bonchev–Trinajstić information content (AvgIpc) is 1.85. The second-order valence-corrected chi connectivity index (χ2v) is 3.69. The molecule has 0 rings (SSSR count). The maximum absolute atomic E-state index is 10.1. The Bertz CT molecular complexity index is 177. The highest BCUT2D eigenvalue weighted by atomic mass is 32.2. The fourth-order valence-corrected chi connectivity index (χ4v) is 1.09. The van der Waals surface area contributed by atoms with Gasteiger partial charge in [-0.15, -0.1) is 0 Å². The largest absolute Gasteiger partial charge is 0.395 e. The second-order valence-electron chi connectivity index (χ2n) is 2.11. The molecular weight excluding hydrogens is 170 g/mol. The maximum Gasteiger partial charge on any atom is 0.264 e. The van der Waals surface area contributed by atoms with Crippen LogP contribution >= 0.6 is 0 Å². The Balaban J connectivity index is 3.16. The van der Waals surface area contributed by atoms with Crippen LogP contribution in [0.3, 0.4) is 0 Å². The van der Waals surface area contributed by atoms with Crippen molar-refractivity contribution in [3.8, 4) is 0 Å². The molecule has 0 aromatic rings. The highest BCUT2D eigenvalue weighted by molar-refractivity contribution is 7.85. The first-order chi connectivity index (χ1) is 5.06. The van der Waals surface area contributed by atoms with Crippen LogP contribution in [0.15, 0.2) is 0 Å². The molecule has 0 amide bonds. The van der Waals surface area contributed by atoms with E-state index in [9.17, 15) is 8.42 Å². The molecule has 0 saturated carbocycles. The molecule has 0 unspecified atom stereocenters. The molecule has 3 N–H and O–H groups in total. The third-order valence-electron chi connectivity index (χ3n) is 1.04. The summed E-state index contributed by atoms with van der Waals surface area (Å²) >= 11 is 0.